The van der Waals surface area contributed by atoms with Crippen molar-refractivity contribution in [1.29, 1.82) is 0 Å². The molecule has 1 fully saturated rings. The average molecular weight is 490 g/mol. The molecule has 1 saturated heterocycles. The Hall–Kier alpha value is -3.67. The number of alkyl halides is 3. The first-order valence-corrected chi connectivity index (χ1v) is 11.1. The summed E-state index contributed by atoms with van der Waals surface area (Å²) in [5.41, 5.74) is -0.911. The molecule has 0 aliphatic carbocycles. The van der Waals surface area contributed by atoms with Crippen LogP contribution in [0.3, 0.4) is 0 Å². The molecule has 0 spiro atoms. The zero-order valence-corrected chi connectivity index (χ0v) is 18.3. The Bertz CT molecular complexity index is 1260. The molecule has 3 heterocycles. The SMILES string of the molecule is O=C(Nc1ccc2c(c1)OCO2)c1nnc([C@H]2CCCN2C(=O)c2ccccc2C(F)(F)F)s1. The standard InChI is InChI=1S/C22H17F3N4O4S/c23-22(24,25)14-5-2-1-4-13(14)21(31)29-9-3-6-15(29)19-27-28-20(34-19)18(30)26-12-7-8-16-17(10-12)33-11-32-16/h1-2,4-5,7-8,10,15H,3,6,9,11H2,(H,26,30)/t15-/m1/s1. The van der Waals surface area contributed by atoms with Gasteiger partial charge < -0.3 is 19.7 Å². The van der Waals surface area contributed by atoms with Gasteiger partial charge in [-0.1, -0.05) is 23.5 Å². The molecule has 2 aliphatic rings. The fraction of sp³-hybridized carbons (Fsp3) is 0.273. The molecule has 0 unspecified atom stereocenters. The molecule has 1 atom stereocenters. The van der Waals surface area contributed by atoms with Crippen LogP contribution in [0.4, 0.5) is 18.9 Å². The van der Waals surface area contributed by atoms with Crippen LogP contribution in [0.5, 0.6) is 11.5 Å². The lowest BCUT2D eigenvalue weighted by molar-refractivity contribution is -0.138. The van der Waals surface area contributed by atoms with Crippen molar-refractivity contribution >= 4 is 28.8 Å². The second kappa shape index (κ2) is 8.60. The molecule has 1 N–H and O–H groups in total. The fourth-order valence-electron chi connectivity index (χ4n) is 3.96. The third kappa shape index (κ3) is 4.16. The number of halogens is 3. The minimum atomic E-state index is -4.65. The summed E-state index contributed by atoms with van der Waals surface area (Å²) in [5.74, 6) is -0.137. The molecule has 176 valence electrons. The smallest absolute Gasteiger partial charge is 0.417 e. The lowest BCUT2D eigenvalue weighted by Crippen LogP contribution is -2.32. The minimum absolute atomic E-state index is 0.0719. The van der Waals surface area contributed by atoms with Crippen molar-refractivity contribution in [2.75, 3.05) is 18.7 Å². The van der Waals surface area contributed by atoms with Crippen molar-refractivity contribution in [2.24, 2.45) is 0 Å². The third-order valence-electron chi connectivity index (χ3n) is 5.53. The summed E-state index contributed by atoms with van der Waals surface area (Å²) in [6.45, 7) is 0.393. The van der Waals surface area contributed by atoms with Gasteiger partial charge in [0.1, 0.15) is 5.01 Å². The Labute approximate surface area is 195 Å². The van der Waals surface area contributed by atoms with E-state index in [1.165, 1.54) is 23.1 Å². The van der Waals surface area contributed by atoms with Gasteiger partial charge >= 0.3 is 6.18 Å². The molecule has 0 radical (unpaired) electrons. The van der Waals surface area contributed by atoms with Gasteiger partial charge in [0.05, 0.1) is 17.2 Å². The average Bonchev–Trinajstić information content (AvgIpc) is 3.57. The van der Waals surface area contributed by atoms with E-state index in [4.69, 9.17) is 9.47 Å². The van der Waals surface area contributed by atoms with E-state index in [0.717, 1.165) is 17.4 Å². The molecular weight excluding hydrogens is 473 g/mol. The van der Waals surface area contributed by atoms with Gasteiger partial charge in [-0.3, -0.25) is 9.59 Å². The summed E-state index contributed by atoms with van der Waals surface area (Å²) in [5, 5.41) is 11.2. The van der Waals surface area contributed by atoms with Gasteiger partial charge in [0.15, 0.2) is 11.5 Å². The molecule has 8 nitrogen and oxygen atoms in total. The number of hydrogen-bond donors (Lipinski definition) is 1. The van der Waals surface area contributed by atoms with E-state index in [1.54, 1.807) is 18.2 Å². The first-order valence-electron chi connectivity index (χ1n) is 10.3. The molecule has 2 aromatic carbocycles. The van der Waals surface area contributed by atoms with Crippen molar-refractivity contribution < 1.29 is 32.2 Å². The summed E-state index contributed by atoms with van der Waals surface area (Å²) in [6.07, 6.45) is -3.54. The molecule has 34 heavy (non-hydrogen) atoms. The molecule has 12 heteroatoms. The van der Waals surface area contributed by atoms with Crippen LogP contribution in [0.2, 0.25) is 0 Å². The van der Waals surface area contributed by atoms with Crippen LogP contribution in [0.1, 0.15) is 49.6 Å². The maximum absolute atomic E-state index is 13.4. The van der Waals surface area contributed by atoms with Gasteiger partial charge in [-0.15, -0.1) is 10.2 Å². The van der Waals surface area contributed by atoms with Gasteiger partial charge in [0, 0.05) is 18.3 Å². The number of likely N-dealkylation sites (tertiary alicyclic amines) is 1. The number of anilines is 1. The predicted molar refractivity (Wildman–Crippen MR) is 115 cm³/mol. The van der Waals surface area contributed by atoms with Crippen molar-refractivity contribution in [1.82, 2.24) is 15.1 Å². The molecule has 5 rings (SSSR count). The second-order valence-corrected chi connectivity index (χ2v) is 8.68. The number of rotatable bonds is 4. The van der Waals surface area contributed by atoms with Crippen molar-refractivity contribution in [3.8, 4) is 11.5 Å². The summed E-state index contributed by atoms with van der Waals surface area (Å²) in [4.78, 5) is 27.1. The molecular formula is C22H17F3N4O4S. The zero-order valence-electron chi connectivity index (χ0n) is 17.5. The molecule has 0 bridgehead atoms. The Morgan fingerprint density at radius 1 is 1.09 bits per heavy atom. The number of aromatic nitrogens is 2. The normalized spacial score (nSPS) is 17.1. The molecule has 1 aromatic heterocycles. The van der Waals surface area contributed by atoms with Gasteiger partial charge in [-0.25, -0.2) is 0 Å². The van der Waals surface area contributed by atoms with Crippen LogP contribution in [0.15, 0.2) is 42.5 Å². The van der Waals surface area contributed by atoms with Crippen LogP contribution in [0.25, 0.3) is 0 Å². The van der Waals surface area contributed by atoms with Crippen molar-refractivity contribution in [3.63, 3.8) is 0 Å². The van der Waals surface area contributed by atoms with Gasteiger partial charge in [0.2, 0.25) is 11.8 Å². The largest absolute Gasteiger partial charge is 0.454 e. The summed E-state index contributed by atoms with van der Waals surface area (Å²) >= 11 is 1.00. The fourth-order valence-corrected chi connectivity index (χ4v) is 4.84. The van der Waals surface area contributed by atoms with Crippen LogP contribution in [-0.4, -0.2) is 40.2 Å². The van der Waals surface area contributed by atoms with Gasteiger partial charge in [-0.2, -0.15) is 13.2 Å². The summed E-state index contributed by atoms with van der Waals surface area (Å²) in [6, 6.07) is 9.10. The lowest BCUT2D eigenvalue weighted by atomic mass is 10.1. The Balaban J connectivity index is 1.33. The highest BCUT2D eigenvalue weighted by Crippen LogP contribution is 2.38. The van der Waals surface area contributed by atoms with E-state index in [9.17, 15) is 22.8 Å². The number of amides is 2. The van der Waals surface area contributed by atoms with Gasteiger partial charge in [0.25, 0.3) is 11.8 Å². The highest BCUT2D eigenvalue weighted by Gasteiger charge is 2.39. The van der Waals surface area contributed by atoms with Gasteiger partial charge in [-0.05, 0) is 37.1 Å². The van der Waals surface area contributed by atoms with E-state index in [1.807, 2.05) is 0 Å². The molecule has 3 aromatic rings. The summed E-state index contributed by atoms with van der Waals surface area (Å²) in [7, 11) is 0. The minimum Gasteiger partial charge on any atom is -0.454 e. The maximum atomic E-state index is 13.4. The van der Waals surface area contributed by atoms with Crippen LogP contribution in [0, 0.1) is 0 Å². The Kier molecular flexibility index (Phi) is 5.60. The number of fused-ring (bicyclic) bond motifs is 1. The number of ether oxygens (including phenoxy) is 2. The highest BCUT2D eigenvalue weighted by atomic mass is 32.1. The quantitative estimate of drug-likeness (QED) is 0.578. The van der Waals surface area contributed by atoms with E-state index >= 15 is 0 Å². The van der Waals surface area contributed by atoms with E-state index < -0.39 is 35.2 Å². The number of nitrogens with zero attached hydrogens (tertiary/aromatic N) is 3. The first kappa shape index (κ1) is 22.1. The molecule has 2 amide bonds. The monoisotopic (exact) mass is 490 g/mol. The van der Waals surface area contributed by atoms with E-state index in [2.05, 4.69) is 15.5 Å². The van der Waals surface area contributed by atoms with Crippen molar-refractivity contribution in [2.45, 2.75) is 25.1 Å². The topological polar surface area (TPSA) is 93.7 Å². The Morgan fingerprint density at radius 3 is 2.71 bits per heavy atom. The maximum Gasteiger partial charge on any atom is 0.417 e. The van der Waals surface area contributed by atoms with Crippen molar-refractivity contribution in [3.05, 3.63) is 63.6 Å². The van der Waals surface area contributed by atoms with Crippen LogP contribution in [-0.2, 0) is 6.18 Å². The number of hydrogen-bond acceptors (Lipinski definition) is 7. The second-order valence-electron chi connectivity index (χ2n) is 7.67. The number of carbonyl (C=O) groups excluding carboxylic acids is 2. The van der Waals surface area contributed by atoms with E-state index in [-0.39, 0.29) is 18.3 Å². The zero-order chi connectivity index (χ0) is 23.9. The van der Waals surface area contributed by atoms with Crippen LogP contribution >= 0.6 is 11.3 Å². The number of benzene rings is 2. The van der Waals surface area contributed by atoms with E-state index in [0.29, 0.717) is 35.0 Å². The number of carbonyl (C=O) groups is 2. The third-order valence-corrected chi connectivity index (χ3v) is 6.55. The molecule has 2 aliphatic heterocycles. The number of nitrogens with one attached hydrogen (secondary N) is 1. The first-order chi connectivity index (χ1) is 16.3. The molecule has 0 saturated carbocycles. The Morgan fingerprint density at radius 2 is 1.88 bits per heavy atom. The highest BCUT2D eigenvalue weighted by molar-refractivity contribution is 7.13. The lowest BCUT2D eigenvalue weighted by Gasteiger charge is -2.24. The summed E-state index contributed by atoms with van der Waals surface area (Å²) < 4.78 is 50.8. The van der Waals surface area contributed by atoms with Crippen LogP contribution < -0.4 is 14.8 Å². The predicted octanol–water partition coefficient (Wildman–Crippen LogP) is 4.52.